The van der Waals surface area contributed by atoms with Crippen LogP contribution < -0.4 is 5.32 Å². The first kappa shape index (κ1) is 8.87. The molecule has 9 heavy (non-hydrogen) atoms. The van der Waals surface area contributed by atoms with E-state index in [4.69, 9.17) is 6.42 Å². The van der Waals surface area contributed by atoms with Crippen LogP contribution in [0.2, 0.25) is 0 Å². The number of nitrogens with one attached hydrogen (secondary N) is 1. The van der Waals surface area contributed by atoms with Crippen LogP contribution in [0.25, 0.3) is 0 Å². The minimum Gasteiger partial charge on any atom is -0.303 e. The van der Waals surface area contributed by atoms with Gasteiger partial charge in [-0.3, -0.25) is 0 Å². The minimum atomic E-state index is 0.255. The predicted molar refractivity (Wildman–Crippen MR) is 44.7 cm³/mol. The maximum Gasteiger partial charge on any atom is 0.0778 e. The molecule has 0 aromatic heterocycles. The topological polar surface area (TPSA) is 12.0 Å². The third-order valence-corrected chi connectivity index (χ3v) is 1.65. The predicted octanol–water partition coefficient (Wildman–Crippen LogP) is 0.961. The molecule has 0 bridgehead atoms. The molecule has 52 valence electrons. The Bertz CT molecular complexity index is 89.6. The van der Waals surface area contributed by atoms with E-state index < -0.39 is 0 Å². The van der Waals surface area contributed by atoms with Crippen molar-refractivity contribution in [1.29, 1.82) is 0 Å². The smallest absolute Gasteiger partial charge is 0.0778 e. The van der Waals surface area contributed by atoms with Crippen LogP contribution in [0.5, 0.6) is 0 Å². The summed E-state index contributed by atoms with van der Waals surface area (Å²) in [5.41, 5.74) is 0. The largest absolute Gasteiger partial charge is 0.303 e. The SMILES string of the molecule is C#CC(CSC)NCC. The molecule has 1 nitrogen and oxygen atoms in total. The minimum absolute atomic E-state index is 0.255. The number of terminal acetylenes is 1. The van der Waals surface area contributed by atoms with Crippen molar-refractivity contribution in [3.05, 3.63) is 0 Å². The normalized spacial score (nSPS) is 12.6. The summed E-state index contributed by atoms with van der Waals surface area (Å²) < 4.78 is 0. The van der Waals surface area contributed by atoms with E-state index in [0.29, 0.717) is 0 Å². The fourth-order valence-corrected chi connectivity index (χ4v) is 1.13. The summed E-state index contributed by atoms with van der Waals surface area (Å²) >= 11 is 1.77. The molecule has 0 rings (SSSR count). The molecule has 1 atom stereocenters. The van der Waals surface area contributed by atoms with Gasteiger partial charge >= 0.3 is 0 Å². The van der Waals surface area contributed by atoms with Crippen molar-refractivity contribution < 1.29 is 0 Å². The maximum atomic E-state index is 5.22. The highest BCUT2D eigenvalue weighted by atomic mass is 32.2. The van der Waals surface area contributed by atoms with Gasteiger partial charge in [-0.1, -0.05) is 12.8 Å². The summed E-state index contributed by atoms with van der Waals surface area (Å²) in [5, 5.41) is 3.18. The Labute approximate surface area is 61.6 Å². The van der Waals surface area contributed by atoms with Crippen LogP contribution in [0, 0.1) is 12.3 Å². The van der Waals surface area contributed by atoms with Crippen molar-refractivity contribution >= 4 is 11.8 Å². The van der Waals surface area contributed by atoms with Crippen LogP contribution in [0.3, 0.4) is 0 Å². The van der Waals surface area contributed by atoms with Gasteiger partial charge in [0.05, 0.1) is 6.04 Å². The second-order valence-electron chi connectivity index (χ2n) is 1.73. The summed E-state index contributed by atoms with van der Waals surface area (Å²) in [4.78, 5) is 0. The third-order valence-electron chi connectivity index (χ3n) is 0.985. The molecule has 0 saturated heterocycles. The fourth-order valence-electron chi connectivity index (χ4n) is 0.579. The molecule has 0 radical (unpaired) electrons. The second-order valence-corrected chi connectivity index (χ2v) is 2.64. The van der Waals surface area contributed by atoms with E-state index in [1.807, 2.05) is 0 Å². The van der Waals surface area contributed by atoms with E-state index in [1.54, 1.807) is 11.8 Å². The summed E-state index contributed by atoms with van der Waals surface area (Å²) in [6, 6.07) is 0.255. The van der Waals surface area contributed by atoms with Crippen LogP contribution in [0.15, 0.2) is 0 Å². The lowest BCUT2D eigenvalue weighted by atomic mass is 10.3. The van der Waals surface area contributed by atoms with Gasteiger partial charge in [0.25, 0.3) is 0 Å². The molecular weight excluding hydrogens is 130 g/mol. The second kappa shape index (κ2) is 6.00. The molecule has 0 aromatic rings. The lowest BCUT2D eigenvalue weighted by molar-refractivity contribution is 0.684. The zero-order chi connectivity index (χ0) is 7.11. The van der Waals surface area contributed by atoms with Gasteiger partial charge in [-0.25, -0.2) is 0 Å². The number of hydrogen-bond acceptors (Lipinski definition) is 2. The van der Waals surface area contributed by atoms with Crippen molar-refractivity contribution in [2.75, 3.05) is 18.6 Å². The first-order valence-electron chi connectivity index (χ1n) is 3.03. The average molecular weight is 143 g/mol. The Kier molecular flexibility index (Phi) is 5.91. The van der Waals surface area contributed by atoms with Gasteiger partial charge in [-0.15, -0.1) is 6.42 Å². The zero-order valence-electron chi connectivity index (χ0n) is 5.98. The van der Waals surface area contributed by atoms with Gasteiger partial charge in [0, 0.05) is 5.75 Å². The molecule has 1 N–H and O–H groups in total. The molecule has 0 heterocycles. The third kappa shape index (κ3) is 4.38. The number of thioether (sulfide) groups is 1. The zero-order valence-corrected chi connectivity index (χ0v) is 6.79. The molecule has 0 fully saturated rings. The van der Waals surface area contributed by atoms with Crippen molar-refractivity contribution in [1.82, 2.24) is 5.32 Å². The van der Waals surface area contributed by atoms with Gasteiger partial charge in [0.2, 0.25) is 0 Å². The van der Waals surface area contributed by atoms with Crippen molar-refractivity contribution in [3.63, 3.8) is 0 Å². The van der Waals surface area contributed by atoms with Gasteiger partial charge in [0.15, 0.2) is 0 Å². The van der Waals surface area contributed by atoms with Crippen LogP contribution in [0.1, 0.15) is 6.92 Å². The van der Waals surface area contributed by atoms with Gasteiger partial charge in [0.1, 0.15) is 0 Å². The molecular formula is C7H13NS. The number of rotatable bonds is 4. The van der Waals surface area contributed by atoms with Crippen LogP contribution >= 0.6 is 11.8 Å². The van der Waals surface area contributed by atoms with Crippen LogP contribution in [-0.4, -0.2) is 24.6 Å². The molecule has 0 aliphatic carbocycles. The Hall–Kier alpha value is -0.130. The lowest BCUT2D eigenvalue weighted by Crippen LogP contribution is -2.29. The van der Waals surface area contributed by atoms with E-state index in [2.05, 4.69) is 24.4 Å². The summed E-state index contributed by atoms with van der Waals surface area (Å²) in [5.74, 6) is 3.68. The quantitative estimate of drug-likeness (QED) is 0.588. The van der Waals surface area contributed by atoms with Gasteiger partial charge < -0.3 is 5.32 Å². The lowest BCUT2D eigenvalue weighted by Gasteiger charge is -2.07. The van der Waals surface area contributed by atoms with Crippen molar-refractivity contribution in [2.24, 2.45) is 0 Å². The van der Waals surface area contributed by atoms with Crippen LogP contribution in [-0.2, 0) is 0 Å². The highest BCUT2D eigenvalue weighted by molar-refractivity contribution is 7.98. The first-order valence-corrected chi connectivity index (χ1v) is 4.43. The summed E-state index contributed by atoms with van der Waals surface area (Å²) in [6.07, 6.45) is 7.28. The molecule has 0 saturated carbocycles. The Morgan fingerprint density at radius 2 is 2.44 bits per heavy atom. The summed E-state index contributed by atoms with van der Waals surface area (Å²) in [7, 11) is 0. The van der Waals surface area contributed by atoms with Crippen molar-refractivity contribution in [2.45, 2.75) is 13.0 Å². The summed E-state index contributed by atoms with van der Waals surface area (Å²) in [6.45, 7) is 3.01. The average Bonchev–Trinajstić information content (AvgIpc) is 1.88. The van der Waals surface area contributed by atoms with Gasteiger partial charge in [-0.2, -0.15) is 11.8 Å². The Morgan fingerprint density at radius 1 is 1.78 bits per heavy atom. The Balaban J connectivity index is 3.32. The highest BCUT2D eigenvalue weighted by Crippen LogP contribution is 1.94. The molecule has 0 spiro atoms. The maximum absolute atomic E-state index is 5.22. The molecule has 0 amide bonds. The van der Waals surface area contributed by atoms with E-state index in [1.165, 1.54) is 0 Å². The molecule has 0 aliphatic rings. The van der Waals surface area contributed by atoms with E-state index in [0.717, 1.165) is 12.3 Å². The standard InChI is InChI=1S/C7H13NS/c1-4-7(6-9-3)8-5-2/h1,7-8H,5-6H2,2-3H3. The first-order chi connectivity index (χ1) is 4.35. The van der Waals surface area contributed by atoms with E-state index >= 15 is 0 Å². The molecule has 0 aliphatic heterocycles. The molecule has 1 unspecified atom stereocenters. The van der Waals surface area contributed by atoms with Crippen molar-refractivity contribution in [3.8, 4) is 12.3 Å². The highest BCUT2D eigenvalue weighted by Gasteiger charge is 1.98. The monoisotopic (exact) mass is 143 g/mol. The van der Waals surface area contributed by atoms with Gasteiger partial charge in [-0.05, 0) is 12.8 Å². The van der Waals surface area contributed by atoms with Crippen LogP contribution in [0.4, 0.5) is 0 Å². The Morgan fingerprint density at radius 3 is 2.78 bits per heavy atom. The molecule has 0 aromatic carbocycles. The van der Waals surface area contributed by atoms with E-state index in [9.17, 15) is 0 Å². The molecule has 2 heteroatoms. The fraction of sp³-hybridized carbons (Fsp3) is 0.714. The van der Waals surface area contributed by atoms with E-state index in [-0.39, 0.29) is 6.04 Å². The number of hydrogen-bond donors (Lipinski definition) is 1.